The largest absolute Gasteiger partial charge is 0.477 e. The number of nitrogens with two attached hydrogens (primary N) is 1. The fourth-order valence-electron chi connectivity index (χ4n) is 1.53. The number of hydrogen-bond donors (Lipinski definition) is 2. The summed E-state index contributed by atoms with van der Waals surface area (Å²) in [6.45, 7) is 0.566. The van der Waals surface area contributed by atoms with Crippen LogP contribution in [0, 0.1) is 5.41 Å². The Bertz CT molecular complexity index is 526. The lowest BCUT2D eigenvalue weighted by Crippen LogP contribution is -2.13. The van der Waals surface area contributed by atoms with Crippen molar-refractivity contribution in [1.29, 1.82) is 5.41 Å². The summed E-state index contributed by atoms with van der Waals surface area (Å²) in [4.78, 5) is 12.0. The normalized spacial score (nSPS) is 10.1. The Morgan fingerprint density at radius 1 is 1.21 bits per heavy atom. The molecule has 0 fully saturated rings. The van der Waals surface area contributed by atoms with Gasteiger partial charge in [-0.15, -0.1) is 0 Å². The molecule has 0 bridgehead atoms. The summed E-state index contributed by atoms with van der Waals surface area (Å²) in [5, 5.41) is 7.20. The molecule has 0 aliphatic carbocycles. The molecular formula is C13H15N5O. The number of nitrogen functional groups attached to an aromatic ring is 1. The molecule has 6 nitrogen and oxygen atoms in total. The molecule has 0 atom stereocenters. The fourth-order valence-corrected chi connectivity index (χ4v) is 1.53. The summed E-state index contributed by atoms with van der Waals surface area (Å²) in [6, 6.07) is 3.98. The number of nitrogens with one attached hydrogen (secondary N) is 1. The van der Waals surface area contributed by atoms with E-state index >= 15 is 0 Å². The third-order valence-electron chi connectivity index (χ3n) is 2.51. The van der Waals surface area contributed by atoms with Gasteiger partial charge < -0.3 is 10.5 Å². The molecule has 0 saturated carbocycles. The minimum atomic E-state index is -0.100. The molecule has 0 spiro atoms. The zero-order valence-electron chi connectivity index (χ0n) is 10.4. The first-order valence-electron chi connectivity index (χ1n) is 5.94. The van der Waals surface area contributed by atoms with Gasteiger partial charge in [0.1, 0.15) is 11.5 Å². The van der Waals surface area contributed by atoms with E-state index < -0.39 is 0 Å². The van der Waals surface area contributed by atoms with E-state index in [-0.39, 0.29) is 5.84 Å². The van der Waals surface area contributed by atoms with Crippen molar-refractivity contribution in [3.63, 3.8) is 0 Å². The Kier molecular flexibility index (Phi) is 4.39. The van der Waals surface area contributed by atoms with Crippen LogP contribution in [0.15, 0.2) is 36.9 Å². The van der Waals surface area contributed by atoms with E-state index in [0.29, 0.717) is 18.2 Å². The van der Waals surface area contributed by atoms with Crippen molar-refractivity contribution >= 4 is 5.84 Å². The average Bonchev–Trinajstić information content (AvgIpc) is 2.45. The lowest BCUT2D eigenvalue weighted by molar-refractivity contribution is 0.298. The van der Waals surface area contributed by atoms with Crippen LogP contribution in [0.2, 0.25) is 0 Å². The van der Waals surface area contributed by atoms with Crippen molar-refractivity contribution in [2.75, 3.05) is 6.61 Å². The Balaban J connectivity index is 1.75. The van der Waals surface area contributed by atoms with Gasteiger partial charge in [-0.2, -0.15) is 0 Å². The predicted molar refractivity (Wildman–Crippen MR) is 71.1 cm³/mol. The number of pyridine rings is 1. The number of amidine groups is 1. The second-order valence-corrected chi connectivity index (χ2v) is 3.96. The van der Waals surface area contributed by atoms with Gasteiger partial charge in [-0.25, -0.2) is 9.97 Å². The Morgan fingerprint density at radius 3 is 2.63 bits per heavy atom. The van der Waals surface area contributed by atoms with Gasteiger partial charge in [0.05, 0.1) is 19.0 Å². The average molecular weight is 257 g/mol. The molecule has 2 rings (SSSR count). The quantitative estimate of drug-likeness (QED) is 0.460. The minimum absolute atomic E-state index is 0.100. The number of rotatable bonds is 6. The maximum absolute atomic E-state index is 7.20. The van der Waals surface area contributed by atoms with Crippen molar-refractivity contribution < 1.29 is 4.74 Å². The van der Waals surface area contributed by atoms with Gasteiger partial charge in [0.15, 0.2) is 0 Å². The standard InChI is InChI=1S/C13H15N5O/c14-13(15)11-8-18-12(9-17-11)19-7-1-2-10-3-5-16-6-4-10/h3-6,8-9H,1-2,7H2,(H3,14,15). The van der Waals surface area contributed by atoms with Gasteiger partial charge in [0, 0.05) is 12.4 Å². The molecule has 0 aliphatic rings. The lowest BCUT2D eigenvalue weighted by Gasteiger charge is -2.05. The first-order valence-corrected chi connectivity index (χ1v) is 5.94. The van der Waals surface area contributed by atoms with E-state index in [1.807, 2.05) is 12.1 Å². The molecule has 0 radical (unpaired) electrons. The van der Waals surface area contributed by atoms with E-state index in [0.717, 1.165) is 12.8 Å². The van der Waals surface area contributed by atoms with Crippen LogP contribution in [0.1, 0.15) is 17.7 Å². The topological polar surface area (TPSA) is 97.8 Å². The lowest BCUT2D eigenvalue weighted by atomic mass is 10.1. The molecule has 0 saturated heterocycles. The molecule has 0 aliphatic heterocycles. The molecule has 6 heteroatoms. The van der Waals surface area contributed by atoms with Gasteiger partial charge in [-0.3, -0.25) is 10.4 Å². The third kappa shape index (κ3) is 4.02. The molecule has 0 amide bonds. The number of nitrogens with zero attached hydrogens (tertiary/aromatic N) is 3. The van der Waals surface area contributed by atoms with Crippen molar-refractivity contribution in [1.82, 2.24) is 15.0 Å². The Labute approximate surface area is 111 Å². The smallest absolute Gasteiger partial charge is 0.232 e. The number of hydrogen-bond acceptors (Lipinski definition) is 5. The van der Waals surface area contributed by atoms with Gasteiger partial charge in [-0.05, 0) is 30.5 Å². The zero-order valence-corrected chi connectivity index (χ0v) is 10.4. The summed E-state index contributed by atoms with van der Waals surface area (Å²) in [5.41, 5.74) is 6.87. The van der Waals surface area contributed by atoms with Crippen molar-refractivity contribution in [3.8, 4) is 5.88 Å². The molecule has 2 heterocycles. The van der Waals surface area contributed by atoms with Gasteiger partial charge in [0.2, 0.25) is 5.88 Å². The molecule has 2 aromatic rings. The highest BCUT2D eigenvalue weighted by Gasteiger charge is 2.00. The van der Waals surface area contributed by atoms with E-state index in [1.54, 1.807) is 12.4 Å². The first-order chi connectivity index (χ1) is 9.25. The monoisotopic (exact) mass is 257 g/mol. The number of aryl methyl sites for hydroxylation is 1. The van der Waals surface area contributed by atoms with Gasteiger partial charge in [0.25, 0.3) is 0 Å². The van der Waals surface area contributed by atoms with Crippen molar-refractivity contribution in [2.24, 2.45) is 5.73 Å². The summed E-state index contributed by atoms with van der Waals surface area (Å²) >= 11 is 0. The SMILES string of the molecule is N=C(N)c1cnc(OCCCc2ccncc2)cn1. The fraction of sp³-hybridized carbons (Fsp3) is 0.231. The summed E-state index contributed by atoms with van der Waals surface area (Å²) in [7, 11) is 0. The van der Waals surface area contributed by atoms with Crippen LogP contribution in [0.5, 0.6) is 5.88 Å². The summed E-state index contributed by atoms with van der Waals surface area (Å²) in [6.07, 6.45) is 8.29. The highest BCUT2D eigenvalue weighted by atomic mass is 16.5. The summed E-state index contributed by atoms with van der Waals surface area (Å²) < 4.78 is 5.46. The first kappa shape index (κ1) is 12.9. The van der Waals surface area contributed by atoms with E-state index in [2.05, 4.69) is 15.0 Å². The molecular weight excluding hydrogens is 242 g/mol. The minimum Gasteiger partial charge on any atom is -0.477 e. The van der Waals surface area contributed by atoms with Crippen LogP contribution in [-0.4, -0.2) is 27.4 Å². The highest BCUT2D eigenvalue weighted by Crippen LogP contribution is 2.06. The van der Waals surface area contributed by atoms with Gasteiger partial charge in [-0.1, -0.05) is 0 Å². The molecule has 19 heavy (non-hydrogen) atoms. The van der Waals surface area contributed by atoms with Crippen LogP contribution in [0.25, 0.3) is 0 Å². The maximum atomic E-state index is 7.20. The van der Waals surface area contributed by atoms with Crippen LogP contribution < -0.4 is 10.5 Å². The van der Waals surface area contributed by atoms with Crippen LogP contribution in [-0.2, 0) is 6.42 Å². The highest BCUT2D eigenvalue weighted by molar-refractivity contribution is 5.92. The predicted octanol–water partition coefficient (Wildman–Crippen LogP) is 1.17. The molecule has 0 unspecified atom stereocenters. The summed E-state index contributed by atoms with van der Waals surface area (Å²) in [5.74, 6) is 0.344. The van der Waals surface area contributed by atoms with Crippen LogP contribution in [0.4, 0.5) is 0 Å². The van der Waals surface area contributed by atoms with E-state index in [4.69, 9.17) is 15.9 Å². The Hall–Kier alpha value is -2.50. The second-order valence-electron chi connectivity index (χ2n) is 3.96. The molecule has 98 valence electrons. The van der Waals surface area contributed by atoms with Crippen molar-refractivity contribution in [2.45, 2.75) is 12.8 Å². The zero-order chi connectivity index (χ0) is 13.5. The third-order valence-corrected chi connectivity index (χ3v) is 2.51. The molecule has 2 aromatic heterocycles. The Morgan fingerprint density at radius 2 is 2.00 bits per heavy atom. The number of ether oxygens (including phenoxy) is 1. The second kappa shape index (κ2) is 6.44. The van der Waals surface area contributed by atoms with Crippen LogP contribution >= 0.6 is 0 Å². The molecule has 3 N–H and O–H groups in total. The van der Waals surface area contributed by atoms with Gasteiger partial charge >= 0.3 is 0 Å². The molecule has 0 aromatic carbocycles. The number of aromatic nitrogens is 3. The van der Waals surface area contributed by atoms with Crippen LogP contribution in [0.3, 0.4) is 0 Å². The maximum Gasteiger partial charge on any atom is 0.232 e. The van der Waals surface area contributed by atoms with E-state index in [1.165, 1.54) is 18.0 Å². The van der Waals surface area contributed by atoms with Crippen molar-refractivity contribution in [3.05, 3.63) is 48.2 Å². The van der Waals surface area contributed by atoms with E-state index in [9.17, 15) is 0 Å².